The number of rotatable bonds is 6. The highest BCUT2D eigenvalue weighted by atomic mass is 16.2. The van der Waals surface area contributed by atoms with Crippen molar-refractivity contribution in [1.29, 1.82) is 5.26 Å². The minimum atomic E-state index is -0.496. The molecule has 0 aliphatic carbocycles. The van der Waals surface area contributed by atoms with Gasteiger partial charge in [0.15, 0.2) is 0 Å². The molecule has 0 aliphatic rings. The predicted molar refractivity (Wildman–Crippen MR) is 118 cm³/mol. The van der Waals surface area contributed by atoms with E-state index in [1.54, 1.807) is 44.2 Å². The Hall–Kier alpha value is -4.18. The van der Waals surface area contributed by atoms with E-state index in [9.17, 15) is 19.6 Å². The molecule has 31 heavy (non-hydrogen) atoms. The minimum absolute atomic E-state index is 0.0236. The summed E-state index contributed by atoms with van der Waals surface area (Å²) in [5.41, 5.74) is 2.53. The van der Waals surface area contributed by atoms with E-state index in [0.717, 1.165) is 5.56 Å². The van der Waals surface area contributed by atoms with Gasteiger partial charge in [-0.25, -0.2) is 0 Å². The van der Waals surface area contributed by atoms with Crippen LogP contribution in [0.1, 0.15) is 32.7 Å². The third-order valence-electron chi connectivity index (χ3n) is 4.82. The van der Waals surface area contributed by atoms with Crippen molar-refractivity contribution in [3.63, 3.8) is 0 Å². The monoisotopic (exact) mass is 414 g/mol. The van der Waals surface area contributed by atoms with Crippen LogP contribution in [0.3, 0.4) is 0 Å². The molecule has 1 aromatic heterocycles. The van der Waals surface area contributed by atoms with E-state index < -0.39 is 11.5 Å². The highest BCUT2D eigenvalue weighted by Gasteiger charge is 2.14. The second-order valence-corrected chi connectivity index (χ2v) is 7.14. The zero-order chi connectivity index (χ0) is 22.4. The van der Waals surface area contributed by atoms with Crippen molar-refractivity contribution in [2.24, 2.45) is 0 Å². The Balaban J connectivity index is 1.68. The average Bonchev–Trinajstić information content (AvgIpc) is 2.76. The molecule has 7 nitrogen and oxygen atoms in total. The fraction of sp³-hybridized carbons (Fsp3) is 0.167. The largest absolute Gasteiger partial charge is 0.348 e. The van der Waals surface area contributed by atoms with Gasteiger partial charge in [-0.2, -0.15) is 5.26 Å². The summed E-state index contributed by atoms with van der Waals surface area (Å²) in [6, 6.07) is 19.7. The predicted octanol–water partition coefficient (Wildman–Crippen LogP) is 2.91. The number of pyridine rings is 1. The molecular weight excluding hydrogens is 392 g/mol. The Morgan fingerprint density at radius 1 is 1.03 bits per heavy atom. The Labute approximate surface area is 180 Å². The van der Waals surface area contributed by atoms with Gasteiger partial charge in [0.25, 0.3) is 11.5 Å². The summed E-state index contributed by atoms with van der Waals surface area (Å²) >= 11 is 0. The van der Waals surface area contributed by atoms with Crippen molar-refractivity contribution in [2.75, 3.05) is 5.32 Å². The summed E-state index contributed by atoms with van der Waals surface area (Å²) < 4.78 is 1.26. The van der Waals surface area contributed by atoms with Crippen LogP contribution in [0.15, 0.2) is 65.5 Å². The molecular formula is C24H22N4O3. The van der Waals surface area contributed by atoms with Crippen LogP contribution in [0, 0.1) is 25.2 Å². The van der Waals surface area contributed by atoms with E-state index in [0.29, 0.717) is 29.1 Å². The van der Waals surface area contributed by atoms with Crippen LogP contribution >= 0.6 is 0 Å². The number of amides is 2. The van der Waals surface area contributed by atoms with E-state index in [1.165, 1.54) is 4.57 Å². The molecule has 0 aliphatic heterocycles. The number of nitrogens with one attached hydrogen (secondary N) is 2. The van der Waals surface area contributed by atoms with E-state index in [-0.39, 0.29) is 18.0 Å². The van der Waals surface area contributed by atoms with Gasteiger partial charge in [-0.3, -0.25) is 14.4 Å². The van der Waals surface area contributed by atoms with Crippen molar-refractivity contribution in [1.82, 2.24) is 9.88 Å². The number of anilines is 1. The maximum Gasteiger partial charge on any atom is 0.269 e. The van der Waals surface area contributed by atoms with Gasteiger partial charge in [0.2, 0.25) is 5.91 Å². The Bertz CT molecular complexity index is 1220. The maximum absolute atomic E-state index is 12.5. The summed E-state index contributed by atoms with van der Waals surface area (Å²) in [6.45, 7) is 3.56. The third-order valence-corrected chi connectivity index (χ3v) is 4.82. The number of hydrogen-bond acceptors (Lipinski definition) is 4. The molecule has 2 aromatic carbocycles. The van der Waals surface area contributed by atoms with Crippen LogP contribution in [0.4, 0.5) is 5.69 Å². The van der Waals surface area contributed by atoms with Gasteiger partial charge in [0.1, 0.15) is 18.2 Å². The van der Waals surface area contributed by atoms with Crippen molar-refractivity contribution in [3.05, 3.63) is 99.0 Å². The van der Waals surface area contributed by atoms with Gasteiger partial charge in [0, 0.05) is 23.5 Å². The summed E-state index contributed by atoms with van der Waals surface area (Å²) in [4.78, 5) is 37.4. The molecule has 3 aromatic rings. The van der Waals surface area contributed by atoms with Crippen molar-refractivity contribution < 1.29 is 9.59 Å². The molecule has 0 fully saturated rings. The molecule has 0 saturated heterocycles. The molecule has 0 bridgehead atoms. The second kappa shape index (κ2) is 9.55. The number of carbonyl (C=O) groups is 2. The minimum Gasteiger partial charge on any atom is -0.348 e. The number of benzene rings is 2. The number of aryl methyl sites for hydroxylation is 2. The molecule has 3 rings (SSSR count). The molecule has 0 atom stereocenters. The van der Waals surface area contributed by atoms with Crippen molar-refractivity contribution in [3.8, 4) is 6.07 Å². The van der Waals surface area contributed by atoms with Crippen molar-refractivity contribution >= 4 is 17.5 Å². The quantitative estimate of drug-likeness (QED) is 0.647. The Morgan fingerprint density at radius 2 is 1.77 bits per heavy atom. The molecule has 0 unspecified atom stereocenters. The molecule has 156 valence electrons. The third kappa shape index (κ3) is 5.25. The lowest BCUT2D eigenvalue weighted by Crippen LogP contribution is -2.31. The van der Waals surface area contributed by atoms with Crippen LogP contribution < -0.4 is 16.2 Å². The summed E-state index contributed by atoms with van der Waals surface area (Å²) in [7, 11) is 0. The van der Waals surface area contributed by atoms with Gasteiger partial charge in [-0.05, 0) is 49.2 Å². The summed E-state index contributed by atoms with van der Waals surface area (Å²) in [5.74, 6) is -0.691. The first-order chi connectivity index (χ1) is 14.9. The zero-order valence-electron chi connectivity index (χ0n) is 17.3. The van der Waals surface area contributed by atoms with Gasteiger partial charge in [0.05, 0.1) is 0 Å². The molecule has 0 radical (unpaired) electrons. The normalized spacial score (nSPS) is 10.2. The van der Waals surface area contributed by atoms with Gasteiger partial charge >= 0.3 is 0 Å². The van der Waals surface area contributed by atoms with Crippen molar-refractivity contribution in [2.45, 2.75) is 26.9 Å². The lowest BCUT2D eigenvalue weighted by molar-refractivity contribution is -0.116. The first kappa shape index (κ1) is 21.5. The number of nitriles is 1. The summed E-state index contributed by atoms with van der Waals surface area (Å²) in [5, 5.41) is 14.7. The lowest BCUT2D eigenvalue weighted by Gasteiger charge is -2.13. The van der Waals surface area contributed by atoms with Gasteiger partial charge in [-0.1, -0.05) is 36.4 Å². The number of nitrogens with zero attached hydrogens (tertiary/aromatic N) is 2. The first-order valence-corrected chi connectivity index (χ1v) is 9.72. The second-order valence-electron chi connectivity index (χ2n) is 7.14. The number of aromatic nitrogens is 1. The summed E-state index contributed by atoms with van der Waals surface area (Å²) in [6.07, 6.45) is 0. The fourth-order valence-electron chi connectivity index (χ4n) is 3.22. The molecule has 7 heteroatoms. The standard InChI is InChI=1S/C24H22N4O3/c1-16-11-17(2)28(24(31)21(16)13-25)15-22(29)27-20-10-6-9-19(12-20)23(30)26-14-18-7-4-3-5-8-18/h3-12H,14-15H2,1-2H3,(H,26,30)(H,27,29). The average molecular weight is 414 g/mol. The van der Waals surface area contributed by atoms with E-state index in [2.05, 4.69) is 10.6 Å². The fourth-order valence-corrected chi connectivity index (χ4v) is 3.22. The van der Waals surface area contributed by atoms with Crippen LogP contribution in [0.25, 0.3) is 0 Å². The smallest absolute Gasteiger partial charge is 0.269 e. The van der Waals surface area contributed by atoms with Crippen LogP contribution in [0.2, 0.25) is 0 Å². The number of hydrogen-bond donors (Lipinski definition) is 2. The molecule has 2 N–H and O–H groups in total. The van der Waals surface area contributed by atoms with Crippen LogP contribution in [-0.4, -0.2) is 16.4 Å². The molecule has 2 amide bonds. The molecule has 0 saturated carbocycles. The highest BCUT2D eigenvalue weighted by Crippen LogP contribution is 2.12. The first-order valence-electron chi connectivity index (χ1n) is 9.72. The highest BCUT2D eigenvalue weighted by molar-refractivity contribution is 5.97. The van der Waals surface area contributed by atoms with Gasteiger partial charge in [-0.15, -0.1) is 0 Å². The van der Waals surface area contributed by atoms with E-state index in [1.807, 2.05) is 36.4 Å². The van der Waals surface area contributed by atoms with E-state index in [4.69, 9.17) is 0 Å². The van der Waals surface area contributed by atoms with Crippen LogP contribution in [0.5, 0.6) is 0 Å². The molecule has 1 heterocycles. The maximum atomic E-state index is 12.5. The van der Waals surface area contributed by atoms with E-state index >= 15 is 0 Å². The molecule has 0 spiro atoms. The lowest BCUT2D eigenvalue weighted by atomic mass is 10.1. The van der Waals surface area contributed by atoms with Gasteiger partial charge < -0.3 is 15.2 Å². The zero-order valence-corrected chi connectivity index (χ0v) is 17.3. The topological polar surface area (TPSA) is 104 Å². The SMILES string of the molecule is Cc1cc(C)n(CC(=O)Nc2cccc(C(=O)NCc3ccccc3)c2)c(=O)c1C#N. The number of carbonyl (C=O) groups excluding carboxylic acids is 2. The van der Waals surface area contributed by atoms with Crippen LogP contribution in [-0.2, 0) is 17.9 Å². The Kier molecular flexibility index (Phi) is 6.63. The Morgan fingerprint density at radius 3 is 2.48 bits per heavy atom.